The molecule has 2 unspecified atom stereocenters. The minimum atomic E-state index is -4.58. The van der Waals surface area contributed by atoms with E-state index in [1.54, 1.807) is 18.2 Å². The topological polar surface area (TPSA) is 41.5 Å². The Labute approximate surface area is 161 Å². The van der Waals surface area contributed by atoms with Crippen molar-refractivity contribution in [2.24, 2.45) is 0 Å². The van der Waals surface area contributed by atoms with E-state index in [0.29, 0.717) is 12.0 Å². The highest BCUT2D eigenvalue weighted by Gasteiger charge is 2.35. The van der Waals surface area contributed by atoms with Gasteiger partial charge in [-0.2, -0.15) is 13.2 Å². The fourth-order valence-corrected chi connectivity index (χ4v) is 3.87. The van der Waals surface area contributed by atoms with Crippen LogP contribution in [-0.2, 0) is 6.18 Å². The molecule has 0 bridgehead atoms. The summed E-state index contributed by atoms with van der Waals surface area (Å²) in [5.74, 6) is -0.997. The van der Waals surface area contributed by atoms with Gasteiger partial charge in [0.25, 0.3) is 0 Å². The lowest BCUT2D eigenvalue weighted by Gasteiger charge is -2.21. The fourth-order valence-electron chi connectivity index (χ4n) is 3.87. The molecule has 0 heterocycles. The van der Waals surface area contributed by atoms with Crippen molar-refractivity contribution >= 4 is 0 Å². The molecular weight excluding hydrogens is 374 g/mol. The van der Waals surface area contributed by atoms with Crippen LogP contribution >= 0.6 is 0 Å². The Morgan fingerprint density at radius 1 is 1.14 bits per heavy atom. The number of phenolic OH excluding ortho intramolecular Hbond substituents is 1. The minimum absolute atomic E-state index is 0.00541. The summed E-state index contributed by atoms with van der Waals surface area (Å²) in [5.41, 5.74) is 0.476. The van der Waals surface area contributed by atoms with Gasteiger partial charge in [-0.15, -0.1) is 0 Å². The predicted molar refractivity (Wildman–Crippen MR) is 98.0 cm³/mol. The van der Waals surface area contributed by atoms with Crippen molar-refractivity contribution in [3.05, 3.63) is 58.9 Å². The molecule has 0 aliphatic heterocycles. The monoisotopic (exact) mass is 397 g/mol. The molecule has 3 nitrogen and oxygen atoms in total. The second kappa shape index (κ2) is 7.99. The third-order valence-electron chi connectivity index (χ3n) is 5.39. The lowest BCUT2D eigenvalue weighted by atomic mass is 9.95. The summed E-state index contributed by atoms with van der Waals surface area (Å²) in [5, 5.41) is 13.0. The zero-order valence-electron chi connectivity index (χ0n) is 15.7. The average Bonchev–Trinajstić information content (AvgIpc) is 3.10. The Balaban J connectivity index is 1.67. The molecule has 1 aliphatic rings. The molecule has 2 aromatic rings. The van der Waals surface area contributed by atoms with Gasteiger partial charge in [-0.3, -0.25) is 0 Å². The predicted octanol–water partition coefficient (Wildman–Crippen LogP) is 5.55. The van der Waals surface area contributed by atoms with E-state index in [1.165, 1.54) is 13.2 Å². The Kier molecular flexibility index (Phi) is 5.84. The maximum Gasteiger partial charge on any atom is 0.419 e. The van der Waals surface area contributed by atoms with E-state index in [0.717, 1.165) is 30.5 Å². The average molecular weight is 397 g/mol. The largest absolute Gasteiger partial charge is 0.507 e. The van der Waals surface area contributed by atoms with Crippen LogP contribution in [0.25, 0.3) is 0 Å². The molecule has 3 rings (SSSR count). The van der Waals surface area contributed by atoms with Gasteiger partial charge in [0.2, 0.25) is 0 Å². The summed E-state index contributed by atoms with van der Waals surface area (Å²) in [6, 6.07) is 8.52. The highest BCUT2D eigenvalue weighted by atomic mass is 19.4. The van der Waals surface area contributed by atoms with Crippen LogP contribution < -0.4 is 10.1 Å². The molecule has 7 heteroatoms. The number of alkyl halides is 3. The number of halogens is 4. The van der Waals surface area contributed by atoms with Crippen LogP contribution in [0.3, 0.4) is 0 Å². The molecule has 152 valence electrons. The molecule has 1 fully saturated rings. The number of nitrogens with one attached hydrogen (secondary N) is 1. The zero-order chi connectivity index (χ0) is 20.5. The van der Waals surface area contributed by atoms with E-state index >= 15 is 0 Å². The Hall–Kier alpha value is -2.28. The van der Waals surface area contributed by atoms with Gasteiger partial charge in [-0.25, -0.2) is 4.39 Å². The number of hydrogen-bond donors (Lipinski definition) is 2. The van der Waals surface area contributed by atoms with Crippen LogP contribution in [0.15, 0.2) is 36.4 Å². The quantitative estimate of drug-likeness (QED) is 0.651. The summed E-state index contributed by atoms with van der Waals surface area (Å²) in [6.07, 6.45) is -2.29. The standard InChI is InChI=1S/C21H23F4NO2/c1-12(13-4-7-18(22)20(11-13)28-2)26-16-6-3-14(9-16)15-5-8-19(27)17(10-15)21(23,24)25/h4-5,7-8,10-12,14,16,26-27H,3,6,9H2,1-2H3/t12-,14?,16?/m0/s1. The second-order valence-corrected chi connectivity index (χ2v) is 7.26. The molecule has 3 atom stereocenters. The molecular formula is C21H23F4NO2. The van der Waals surface area contributed by atoms with E-state index in [9.17, 15) is 22.7 Å². The van der Waals surface area contributed by atoms with Crippen molar-refractivity contribution in [3.63, 3.8) is 0 Å². The van der Waals surface area contributed by atoms with Gasteiger partial charge in [-0.05, 0) is 67.5 Å². The van der Waals surface area contributed by atoms with E-state index in [-0.39, 0.29) is 23.8 Å². The molecule has 0 amide bonds. The third kappa shape index (κ3) is 4.41. The van der Waals surface area contributed by atoms with Gasteiger partial charge in [0.05, 0.1) is 12.7 Å². The van der Waals surface area contributed by atoms with E-state index in [2.05, 4.69) is 5.32 Å². The number of rotatable bonds is 5. The number of ether oxygens (including phenoxy) is 1. The van der Waals surface area contributed by atoms with Crippen LogP contribution in [0.4, 0.5) is 17.6 Å². The molecule has 2 aromatic carbocycles. The number of methoxy groups -OCH3 is 1. The molecule has 0 aromatic heterocycles. The Morgan fingerprint density at radius 2 is 1.89 bits per heavy atom. The molecule has 28 heavy (non-hydrogen) atoms. The summed E-state index contributed by atoms with van der Waals surface area (Å²) >= 11 is 0. The highest BCUT2D eigenvalue weighted by molar-refractivity contribution is 5.40. The fraction of sp³-hybridized carbons (Fsp3) is 0.429. The normalized spacial score (nSPS) is 20.9. The van der Waals surface area contributed by atoms with Crippen molar-refractivity contribution in [3.8, 4) is 11.5 Å². The maximum absolute atomic E-state index is 13.6. The van der Waals surface area contributed by atoms with Gasteiger partial charge < -0.3 is 15.2 Å². The minimum Gasteiger partial charge on any atom is -0.507 e. The lowest BCUT2D eigenvalue weighted by molar-refractivity contribution is -0.138. The third-order valence-corrected chi connectivity index (χ3v) is 5.39. The maximum atomic E-state index is 13.6. The molecule has 0 spiro atoms. The van der Waals surface area contributed by atoms with Crippen molar-refractivity contribution in [1.29, 1.82) is 0 Å². The second-order valence-electron chi connectivity index (χ2n) is 7.26. The molecule has 1 aliphatic carbocycles. The van der Waals surface area contributed by atoms with E-state index in [4.69, 9.17) is 4.74 Å². The van der Waals surface area contributed by atoms with Crippen LogP contribution in [-0.4, -0.2) is 18.3 Å². The first kappa shape index (κ1) is 20.5. The zero-order valence-corrected chi connectivity index (χ0v) is 15.7. The van der Waals surface area contributed by atoms with Crippen molar-refractivity contribution in [2.75, 3.05) is 7.11 Å². The summed E-state index contributed by atoms with van der Waals surface area (Å²) in [7, 11) is 1.41. The van der Waals surface area contributed by atoms with Gasteiger partial charge in [-0.1, -0.05) is 12.1 Å². The highest BCUT2D eigenvalue weighted by Crippen LogP contribution is 2.41. The number of benzene rings is 2. The SMILES string of the molecule is COc1cc([C@H](C)NC2CCC(c3ccc(O)c(C(F)(F)F)c3)C2)ccc1F. The summed E-state index contributed by atoms with van der Waals surface area (Å²) < 4.78 is 57.7. The van der Waals surface area contributed by atoms with Crippen molar-refractivity contribution < 1.29 is 27.4 Å². The molecule has 0 radical (unpaired) electrons. The van der Waals surface area contributed by atoms with Gasteiger partial charge in [0.1, 0.15) is 5.75 Å². The first-order chi connectivity index (χ1) is 13.2. The molecule has 1 saturated carbocycles. The van der Waals surface area contributed by atoms with Gasteiger partial charge in [0, 0.05) is 12.1 Å². The smallest absolute Gasteiger partial charge is 0.419 e. The van der Waals surface area contributed by atoms with E-state index < -0.39 is 23.3 Å². The first-order valence-corrected chi connectivity index (χ1v) is 9.18. The van der Waals surface area contributed by atoms with Crippen LogP contribution in [0, 0.1) is 5.82 Å². The first-order valence-electron chi connectivity index (χ1n) is 9.18. The number of phenols is 1. The van der Waals surface area contributed by atoms with Crippen molar-refractivity contribution in [2.45, 2.75) is 50.4 Å². The Morgan fingerprint density at radius 3 is 2.57 bits per heavy atom. The molecule has 0 saturated heterocycles. The summed E-state index contributed by atoms with van der Waals surface area (Å²) in [4.78, 5) is 0. The van der Waals surface area contributed by atoms with E-state index in [1.807, 2.05) is 6.92 Å². The van der Waals surface area contributed by atoms with Crippen molar-refractivity contribution in [1.82, 2.24) is 5.32 Å². The lowest BCUT2D eigenvalue weighted by Crippen LogP contribution is -2.29. The van der Waals surface area contributed by atoms with Crippen LogP contribution in [0.5, 0.6) is 11.5 Å². The van der Waals surface area contributed by atoms with Gasteiger partial charge in [0.15, 0.2) is 11.6 Å². The molecule has 2 N–H and O–H groups in total. The summed E-state index contributed by atoms with van der Waals surface area (Å²) in [6.45, 7) is 1.96. The number of aromatic hydroxyl groups is 1. The number of hydrogen-bond acceptors (Lipinski definition) is 3. The van der Waals surface area contributed by atoms with Crippen LogP contribution in [0.2, 0.25) is 0 Å². The van der Waals surface area contributed by atoms with Gasteiger partial charge >= 0.3 is 6.18 Å². The van der Waals surface area contributed by atoms with Crippen LogP contribution in [0.1, 0.15) is 54.8 Å². The Bertz CT molecular complexity index is 838.